The molecule has 2 aliphatic carbocycles. The number of likely N-dealkylation sites (tertiary alicyclic amines) is 2. The lowest BCUT2D eigenvalue weighted by Gasteiger charge is -2.34. The van der Waals surface area contributed by atoms with E-state index >= 15 is 0 Å². The summed E-state index contributed by atoms with van der Waals surface area (Å²) in [5.74, 6) is -0.262. The number of hydrogen-bond donors (Lipinski definition) is 0. The number of esters is 2. The van der Waals surface area contributed by atoms with Gasteiger partial charge in [-0.05, 0) is 119 Å². The molecule has 4 atom stereocenters. The summed E-state index contributed by atoms with van der Waals surface area (Å²) in [6.45, 7) is 13.2. The number of amides is 2. The molecule has 14 heteroatoms. The molecule has 2 aliphatic heterocycles. The Bertz CT molecular complexity index is 1080. The minimum absolute atomic E-state index is 0.00155. The average Bonchev–Trinajstić information content (AvgIpc) is 3.72. The SMILES string of the molecule is COC[C@H]1CC[C@@H](COC2CCC(C(=O)OC)CC2)N1C(=O)OC(C)(C)C.COC[C@H]1CC[C@@H](COC2CCC(C(=O)OC)CC2)N1C(=O)OC(C)(C)C. The molecule has 0 unspecified atom stereocenters. The van der Waals surface area contributed by atoms with Gasteiger partial charge in [0.2, 0.25) is 0 Å². The van der Waals surface area contributed by atoms with Crippen molar-refractivity contribution in [2.45, 2.75) is 166 Å². The van der Waals surface area contributed by atoms with Gasteiger partial charge in [-0.25, -0.2) is 9.59 Å². The van der Waals surface area contributed by atoms with Crippen LogP contribution in [0, 0.1) is 11.8 Å². The largest absolute Gasteiger partial charge is 0.469 e. The second-order valence-corrected chi connectivity index (χ2v) is 17.1. The minimum Gasteiger partial charge on any atom is -0.469 e. The third kappa shape index (κ3) is 14.4. The molecule has 2 saturated heterocycles. The van der Waals surface area contributed by atoms with Gasteiger partial charge in [-0.3, -0.25) is 19.4 Å². The van der Waals surface area contributed by atoms with Crippen LogP contribution < -0.4 is 0 Å². The van der Waals surface area contributed by atoms with Crippen LogP contribution in [0.15, 0.2) is 0 Å². The third-order valence-corrected chi connectivity index (χ3v) is 10.6. The summed E-state index contributed by atoms with van der Waals surface area (Å²) in [5.41, 5.74) is -1.07. The Hall–Kier alpha value is -2.68. The maximum atomic E-state index is 12.7. The van der Waals surface area contributed by atoms with Crippen molar-refractivity contribution in [3.63, 3.8) is 0 Å². The Morgan fingerprint density at radius 2 is 0.759 bits per heavy atom. The zero-order chi connectivity index (χ0) is 40.1. The van der Waals surface area contributed by atoms with Crippen LogP contribution in [0.5, 0.6) is 0 Å². The highest BCUT2D eigenvalue weighted by molar-refractivity contribution is 5.73. The summed E-state index contributed by atoms with van der Waals surface area (Å²) in [4.78, 5) is 52.3. The van der Waals surface area contributed by atoms with Crippen molar-refractivity contribution in [2.75, 3.05) is 54.9 Å². The summed E-state index contributed by atoms with van der Waals surface area (Å²) in [7, 11) is 6.17. The van der Waals surface area contributed by atoms with Gasteiger partial charge in [0, 0.05) is 14.2 Å². The molecule has 0 radical (unpaired) electrons. The van der Waals surface area contributed by atoms with E-state index in [4.69, 9.17) is 37.9 Å². The fraction of sp³-hybridized carbons (Fsp3) is 0.900. The topological polar surface area (TPSA) is 149 Å². The van der Waals surface area contributed by atoms with Crippen molar-refractivity contribution in [1.82, 2.24) is 9.80 Å². The van der Waals surface area contributed by atoms with E-state index in [-0.39, 0.29) is 72.3 Å². The quantitative estimate of drug-likeness (QED) is 0.162. The van der Waals surface area contributed by atoms with Crippen LogP contribution >= 0.6 is 0 Å². The standard InChI is InChI=1S/2C20H35NO6/c2*1-20(2,3)27-19(23)21-15(12-24-4)8-9-16(21)13-26-17-10-6-14(7-11-17)18(22)25-5/h2*14-17H,6-13H2,1-5H3/t2*14?,15-,16+,17?/m11/s1. The molecule has 0 aromatic heterocycles. The number of hydrogen-bond acceptors (Lipinski definition) is 12. The van der Waals surface area contributed by atoms with E-state index in [0.29, 0.717) is 26.4 Å². The summed E-state index contributed by atoms with van der Waals surface area (Å²) in [5, 5.41) is 0. The molecule has 0 N–H and O–H groups in total. The lowest BCUT2D eigenvalue weighted by Crippen LogP contribution is -2.47. The number of carbonyl (C=O) groups is 4. The van der Waals surface area contributed by atoms with Gasteiger partial charge in [-0.15, -0.1) is 0 Å². The molecular weight excluding hydrogens is 700 g/mol. The molecule has 4 aliphatic rings. The Morgan fingerprint density at radius 1 is 0.463 bits per heavy atom. The van der Waals surface area contributed by atoms with E-state index in [0.717, 1.165) is 77.0 Å². The summed E-state index contributed by atoms with van der Waals surface area (Å²) in [6, 6.07) is 0.0404. The van der Waals surface area contributed by atoms with Crippen molar-refractivity contribution < 1.29 is 57.1 Å². The maximum absolute atomic E-state index is 12.7. The summed E-state index contributed by atoms with van der Waals surface area (Å²) >= 11 is 0. The molecule has 0 bridgehead atoms. The van der Waals surface area contributed by atoms with E-state index in [9.17, 15) is 19.2 Å². The van der Waals surface area contributed by atoms with E-state index < -0.39 is 11.2 Å². The molecule has 0 aromatic rings. The Balaban J connectivity index is 0.000000290. The first-order valence-corrected chi connectivity index (χ1v) is 19.9. The smallest absolute Gasteiger partial charge is 0.410 e. The van der Waals surface area contributed by atoms with Crippen LogP contribution in [0.1, 0.15) is 119 Å². The molecular formula is C40H70N2O12. The van der Waals surface area contributed by atoms with Crippen LogP contribution in [0.4, 0.5) is 9.59 Å². The Morgan fingerprint density at radius 3 is 1.02 bits per heavy atom. The second kappa shape index (κ2) is 21.6. The lowest BCUT2D eigenvalue weighted by atomic mass is 9.87. The highest BCUT2D eigenvalue weighted by Crippen LogP contribution is 2.32. The predicted molar refractivity (Wildman–Crippen MR) is 201 cm³/mol. The Labute approximate surface area is 323 Å². The van der Waals surface area contributed by atoms with Gasteiger partial charge in [0.15, 0.2) is 0 Å². The van der Waals surface area contributed by atoms with Crippen molar-refractivity contribution in [3.05, 3.63) is 0 Å². The van der Waals surface area contributed by atoms with Gasteiger partial charge in [-0.1, -0.05) is 0 Å². The summed E-state index contributed by atoms with van der Waals surface area (Å²) in [6.07, 6.45) is 9.77. The predicted octanol–water partition coefficient (Wildman–Crippen LogP) is 6.30. The van der Waals surface area contributed by atoms with Crippen molar-refractivity contribution in [3.8, 4) is 0 Å². The average molecular weight is 771 g/mol. The van der Waals surface area contributed by atoms with Gasteiger partial charge >= 0.3 is 24.1 Å². The first-order valence-electron chi connectivity index (χ1n) is 19.9. The van der Waals surface area contributed by atoms with E-state index in [2.05, 4.69) is 0 Å². The van der Waals surface area contributed by atoms with Gasteiger partial charge < -0.3 is 37.9 Å². The van der Waals surface area contributed by atoms with Gasteiger partial charge in [-0.2, -0.15) is 0 Å². The van der Waals surface area contributed by atoms with Gasteiger partial charge in [0.1, 0.15) is 11.2 Å². The zero-order valence-electron chi connectivity index (χ0n) is 34.7. The monoisotopic (exact) mass is 770 g/mol. The molecule has 2 heterocycles. The normalized spacial score (nSPS) is 28.9. The molecule has 4 fully saturated rings. The molecule has 312 valence electrons. The number of ether oxygens (including phenoxy) is 8. The van der Waals surface area contributed by atoms with E-state index in [1.807, 2.05) is 41.5 Å². The van der Waals surface area contributed by atoms with Crippen LogP contribution in [0.2, 0.25) is 0 Å². The molecule has 4 rings (SSSR count). The van der Waals surface area contributed by atoms with Gasteiger partial charge in [0.05, 0.1) is 88.9 Å². The van der Waals surface area contributed by atoms with Crippen LogP contribution in [-0.2, 0) is 47.5 Å². The number of nitrogens with zero attached hydrogens (tertiary/aromatic N) is 2. The zero-order valence-corrected chi connectivity index (χ0v) is 34.7. The van der Waals surface area contributed by atoms with Crippen LogP contribution in [0.25, 0.3) is 0 Å². The molecule has 54 heavy (non-hydrogen) atoms. The van der Waals surface area contributed by atoms with E-state index in [1.165, 1.54) is 14.2 Å². The van der Waals surface area contributed by atoms with Crippen molar-refractivity contribution >= 4 is 24.1 Å². The molecule has 14 nitrogen and oxygen atoms in total. The third-order valence-electron chi connectivity index (χ3n) is 10.6. The molecule has 0 spiro atoms. The van der Waals surface area contributed by atoms with Gasteiger partial charge in [0.25, 0.3) is 0 Å². The Kier molecular flexibility index (Phi) is 18.3. The number of methoxy groups -OCH3 is 4. The van der Waals surface area contributed by atoms with Crippen LogP contribution in [-0.4, -0.2) is 136 Å². The van der Waals surface area contributed by atoms with Crippen molar-refractivity contribution in [1.29, 1.82) is 0 Å². The fourth-order valence-corrected chi connectivity index (χ4v) is 7.95. The second-order valence-electron chi connectivity index (χ2n) is 17.1. The first kappa shape index (κ1) is 45.7. The minimum atomic E-state index is -0.533. The maximum Gasteiger partial charge on any atom is 0.410 e. The first-order chi connectivity index (χ1) is 25.5. The van der Waals surface area contributed by atoms with Crippen molar-refractivity contribution in [2.24, 2.45) is 11.8 Å². The number of carbonyl (C=O) groups excluding carboxylic acids is 4. The molecule has 2 amide bonds. The highest BCUT2D eigenvalue weighted by Gasteiger charge is 2.41. The lowest BCUT2D eigenvalue weighted by molar-refractivity contribution is -0.148. The molecule has 0 aromatic carbocycles. The highest BCUT2D eigenvalue weighted by atomic mass is 16.6. The number of rotatable bonds is 12. The fourth-order valence-electron chi connectivity index (χ4n) is 7.95. The molecule has 2 saturated carbocycles. The summed E-state index contributed by atoms with van der Waals surface area (Å²) < 4.78 is 43.7. The van der Waals surface area contributed by atoms with E-state index in [1.54, 1.807) is 24.0 Å². The van der Waals surface area contributed by atoms with Crippen LogP contribution in [0.3, 0.4) is 0 Å².